The molecule has 0 fully saturated rings. The van der Waals surface area contributed by atoms with Gasteiger partial charge in [-0.25, -0.2) is 0 Å². The molecule has 0 aliphatic carbocycles. The first kappa shape index (κ1) is 12.7. The zero-order valence-corrected chi connectivity index (χ0v) is 10.7. The Hall–Kier alpha value is -0.380. The van der Waals surface area contributed by atoms with Gasteiger partial charge in [-0.15, -0.1) is 0 Å². The summed E-state index contributed by atoms with van der Waals surface area (Å²) in [6.07, 6.45) is 2.11. The van der Waals surface area contributed by atoms with Gasteiger partial charge in [0.05, 0.1) is 0 Å². The lowest BCUT2D eigenvalue weighted by atomic mass is 10.1. The Labute approximate surface area is 101 Å². The average molecular weight is 245 g/mol. The third-order valence-electron chi connectivity index (χ3n) is 2.30. The summed E-state index contributed by atoms with van der Waals surface area (Å²) < 4.78 is 0. The van der Waals surface area contributed by atoms with Crippen molar-refractivity contribution in [3.8, 4) is 0 Å². The van der Waals surface area contributed by atoms with Crippen molar-refractivity contribution in [1.29, 1.82) is 0 Å². The molecular weight excluding hydrogens is 228 g/mol. The Bertz CT molecular complexity index is 317. The standard InChI is InChI=1S/C11H17ClN2S/c1-14(5-6-15-2)11-4-3-10(12)7-9(11)8-13/h3-4,7H,5-6,8,13H2,1-2H3. The first-order valence-corrected chi connectivity index (χ1v) is 6.64. The number of anilines is 1. The van der Waals surface area contributed by atoms with Crippen LogP contribution < -0.4 is 10.6 Å². The molecule has 0 spiro atoms. The maximum Gasteiger partial charge on any atom is 0.0410 e. The van der Waals surface area contributed by atoms with Crippen LogP contribution in [0.5, 0.6) is 0 Å². The minimum atomic E-state index is 0.527. The maximum atomic E-state index is 5.93. The Balaban J connectivity index is 2.82. The predicted molar refractivity (Wildman–Crippen MR) is 71.0 cm³/mol. The zero-order valence-electron chi connectivity index (χ0n) is 9.16. The van der Waals surface area contributed by atoms with E-state index < -0.39 is 0 Å². The molecule has 0 radical (unpaired) electrons. The molecule has 84 valence electrons. The van der Waals surface area contributed by atoms with Crippen LogP contribution in [0.25, 0.3) is 0 Å². The highest BCUT2D eigenvalue weighted by atomic mass is 35.5. The van der Waals surface area contributed by atoms with E-state index in [0.29, 0.717) is 6.54 Å². The number of nitrogens with two attached hydrogens (primary N) is 1. The molecule has 1 aromatic rings. The van der Waals surface area contributed by atoms with Gasteiger partial charge in [-0.05, 0) is 30.0 Å². The predicted octanol–water partition coefficient (Wildman–Crippen LogP) is 2.60. The smallest absolute Gasteiger partial charge is 0.0410 e. The van der Waals surface area contributed by atoms with Crippen molar-refractivity contribution >= 4 is 29.1 Å². The molecule has 0 aliphatic rings. The van der Waals surface area contributed by atoms with Crippen LogP contribution in [0.4, 0.5) is 5.69 Å². The molecule has 0 amide bonds. The van der Waals surface area contributed by atoms with E-state index in [9.17, 15) is 0 Å². The summed E-state index contributed by atoms with van der Waals surface area (Å²) in [7, 11) is 2.08. The Morgan fingerprint density at radius 3 is 2.80 bits per heavy atom. The van der Waals surface area contributed by atoms with Crippen molar-refractivity contribution in [2.45, 2.75) is 6.54 Å². The highest BCUT2D eigenvalue weighted by Gasteiger charge is 2.06. The Morgan fingerprint density at radius 2 is 2.20 bits per heavy atom. The SMILES string of the molecule is CSCCN(C)c1ccc(Cl)cc1CN. The largest absolute Gasteiger partial charge is 0.374 e. The molecule has 1 aromatic carbocycles. The van der Waals surface area contributed by atoms with Crippen molar-refractivity contribution in [3.63, 3.8) is 0 Å². The molecule has 4 heteroatoms. The second kappa shape index (κ2) is 6.26. The number of hydrogen-bond acceptors (Lipinski definition) is 3. The number of nitrogens with zero attached hydrogens (tertiary/aromatic N) is 1. The number of benzene rings is 1. The first-order chi connectivity index (χ1) is 7.19. The summed E-state index contributed by atoms with van der Waals surface area (Å²) >= 11 is 7.77. The Morgan fingerprint density at radius 1 is 1.47 bits per heavy atom. The zero-order chi connectivity index (χ0) is 11.3. The molecule has 0 bridgehead atoms. The number of rotatable bonds is 5. The highest BCUT2D eigenvalue weighted by molar-refractivity contribution is 7.98. The van der Waals surface area contributed by atoms with Gasteiger partial charge in [0.25, 0.3) is 0 Å². The number of hydrogen-bond donors (Lipinski definition) is 1. The lowest BCUT2D eigenvalue weighted by Crippen LogP contribution is -2.22. The summed E-state index contributed by atoms with van der Waals surface area (Å²) in [5, 5.41) is 0.748. The molecule has 0 heterocycles. The van der Waals surface area contributed by atoms with E-state index in [1.807, 2.05) is 30.0 Å². The molecule has 0 unspecified atom stereocenters. The first-order valence-electron chi connectivity index (χ1n) is 4.87. The molecule has 0 saturated heterocycles. The molecule has 0 aliphatic heterocycles. The van der Waals surface area contributed by atoms with Gasteiger partial charge < -0.3 is 10.6 Å². The van der Waals surface area contributed by atoms with Crippen molar-refractivity contribution in [2.24, 2.45) is 5.73 Å². The van der Waals surface area contributed by atoms with Crippen molar-refractivity contribution in [2.75, 3.05) is 30.5 Å². The van der Waals surface area contributed by atoms with Crippen LogP contribution in [-0.4, -0.2) is 25.6 Å². The normalized spacial score (nSPS) is 10.4. The fourth-order valence-electron chi connectivity index (χ4n) is 1.44. The quantitative estimate of drug-likeness (QED) is 0.864. The van der Waals surface area contributed by atoms with Crippen LogP contribution in [0.15, 0.2) is 18.2 Å². The Kier molecular flexibility index (Phi) is 5.29. The van der Waals surface area contributed by atoms with Gasteiger partial charge in [-0.3, -0.25) is 0 Å². The van der Waals surface area contributed by atoms with Gasteiger partial charge in [-0.1, -0.05) is 11.6 Å². The minimum Gasteiger partial charge on any atom is -0.374 e. The van der Waals surface area contributed by atoms with Crippen LogP contribution in [-0.2, 0) is 6.54 Å². The van der Waals surface area contributed by atoms with Gasteiger partial charge >= 0.3 is 0 Å². The third-order valence-corrected chi connectivity index (χ3v) is 3.13. The lowest BCUT2D eigenvalue weighted by Gasteiger charge is -2.21. The third kappa shape index (κ3) is 3.59. The molecule has 0 saturated carbocycles. The highest BCUT2D eigenvalue weighted by Crippen LogP contribution is 2.23. The average Bonchev–Trinajstić information content (AvgIpc) is 2.25. The van der Waals surface area contributed by atoms with E-state index in [-0.39, 0.29) is 0 Å². The maximum absolute atomic E-state index is 5.93. The number of halogens is 1. The van der Waals surface area contributed by atoms with Gasteiger partial charge in [0.2, 0.25) is 0 Å². The van der Waals surface area contributed by atoms with Gasteiger partial charge in [0.1, 0.15) is 0 Å². The minimum absolute atomic E-state index is 0.527. The summed E-state index contributed by atoms with van der Waals surface area (Å²) in [4.78, 5) is 2.22. The van der Waals surface area contributed by atoms with Crippen molar-refractivity contribution in [3.05, 3.63) is 28.8 Å². The number of thioether (sulfide) groups is 1. The van der Waals surface area contributed by atoms with Crippen LogP contribution in [0.1, 0.15) is 5.56 Å². The molecule has 15 heavy (non-hydrogen) atoms. The van der Waals surface area contributed by atoms with E-state index in [0.717, 1.165) is 22.9 Å². The van der Waals surface area contributed by atoms with Crippen LogP contribution >= 0.6 is 23.4 Å². The molecule has 0 atom stereocenters. The van der Waals surface area contributed by atoms with E-state index in [2.05, 4.69) is 18.2 Å². The van der Waals surface area contributed by atoms with Crippen molar-refractivity contribution < 1.29 is 0 Å². The van der Waals surface area contributed by atoms with Crippen molar-refractivity contribution in [1.82, 2.24) is 0 Å². The van der Waals surface area contributed by atoms with Crippen LogP contribution in [0.3, 0.4) is 0 Å². The van der Waals surface area contributed by atoms with E-state index >= 15 is 0 Å². The summed E-state index contributed by atoms with van der Waals surface area (Å²) in [5.41, 5.74) is 7.98. The van der Waals surface area contributed by atoms with Crippen LogP contribution in [0, 0.1) is 0 Å². The topological polar surface area (TPSA) is 29.3 Å². The second-order valence-electron chi connectivity index (χ2n) is 3.39. The molecule has 2 N–H and O–H groups in total. The summed E-state index contributed by atoms with van der Waals surface area (Å²) in [6.45, 7) is 1.55. The van der Waals surface area contributed by atoms with Gasteiger partial charge in [0, 0.05) is 36.6 Å². The fourth-order valence-corrected chi connectivity index (χ4v) is 2.09. The van der Waals surface area contributed by atoms with Gasteiger partial charge in [-0.2, -0.15) is 11.8 Å². The molecule has 2 nitrogen and oxygen atoms in total. The summed E-state index contributed by atoms with van der Waals surface area (Å²) in [6, 6.07) is 5.88. The summed E-state index contributed by atoms with van der Waals surface area (Å²) in [5.74, 6) is 1.11. The molecular formula is C11H17ClN2S. The van der Waals surface area contributed by atoms with Gasteiger partial charge in [0.15, 0.2) is 0 Å². The monoisotopic (exact) mass is 244 g/mol. The molecule has 1 rings (SSSR count). The second-order valence-corrected chi connectivity index (χ2v) is 4.81. The van der Waals surface area contributed by atoms with E-state index in [4.69, 9.17) is 17.3 Å². The lowest BCUT2D eigenvalue weighted by molar-refractivity contribution is 0.949. The van der Waals surface area contributed by atoms with E-state index in [1.54, 1.807) is 0 Å². The fraction of sp³-hybridized carbons (Fsp3) is 0.455. The molecule has 0 aromatic heterocycles. The van der Waals surface area contributed by atoms with Crippen LogP contribution in [0.2, 0.25) is 5.02 Å². The van der Waals surface area contributed by atoms with E-state index in [1.165, 1.54) is 5.69 Å².